The molecule has 20 heavy (non-hydrogen) atoms. The number of hydrogen-bond acceptors (Lipinski definition) is 5. The predicted octanol–water partition coefficient (Wildman–Crippen LogP) is 1.87. The molecular formula is C15H15NO4. The van der Waals surface area contributed by atoms with Crippen molar-refractivity contribution in [2.24, 2.45) is 10.9 Å². The Labute approximate surface area is 116 Å². The van der Waals surface area contributed by atoms with Crippen LogP contribution >= 0.6 is 0 Å². The lowest BCUT2D eigenvalue weighted by molar-refractivity contribution is -0.145. The Morgan fingerprint density at radius 2 is 2.10 bits per heavy atom. The molecule has 0 N–H and O–H groups in total. The van der Waals surface area contributed by atoms with E-state index in [9.17, 15) is 9.59 Å². The summed E-state index contributed by atoms with van der Waals surface area (Å²) in [7, 11) is 2.83. The number of methoxy groups -OCH3 is 2. The lowest BCUT2D eigenvalue weighted by Gasteiger charge is -2.05. The highest BCUT2D eigenvalue weighted by atomic mass is 16.5. The lowest BCUT2D eigenvalue weighted by atomic mass is 10.0. The average molecular weight is 273 g/mol. The van der Waals surface area contributed by atoms with E-state index in [2.05, 4.69) is 9.73 Å². The van der Waals surface area contributed by atoms with E-state index in [0.717, 1.165) is 5.56 Å². The molecular weight excluding hydrogens is 258 g/mol. The van der Waals surface area contributed by atoms with E-state index in [0.29, 0.717) is 11.5 Å². The molecule has 5 heteroatoms. The number of esters is 1. The highest BCUT2D eigenvalue weighted by molar-refractivity contribution is 6.28. The van der Waals surface area contributed by atoms with Crippen LogP contribution < -0.4 is 4.74 Å². The third kappa shape index (κ3) is 2.61. The van der Waals surface area contributed by atoms with Crippen LogP contribution in [0.2, 0.25) is 0 Å². The van der Waals surface area contributed by atoms with Crippen LogP contribution in [-0.4, -0.2) is 31.7 Å². The molecule has 0 spiro atoms. The van der Waals surface area contributed by atoms with Crippen LogP contribution in [0.5, 0.6) is 5.75 Å². The third-order valence-electron chi connectivity index (χ3n) is 3.06. The van der Waals surface area contributed by atoms with E-state index in [1.807, 2.05) is 18.2 Å². The van der Waals surface area contributed by atoms with Gasteiger partial charge < -0.3 is 9.47 Å². The smallest absolute Gasteiger partial charge is 0.322 e. The summed E-state index contributed by atoms with van der Waals surface area (Å²) in [4.78, 5) is 27.9. The van der Waals surface area contributed by atoms with Crippen molar-refractivity contribution in [3.8, 4) is 5.75 Å². The summed E-state index contributed by atoms with van der Waals surface area (Å²) in [5.74, 6) is -1.14. The molecule has 1 unspecified atom stereocenters. The normalized spacial score (nSPS) is 19.9. The van der Waals surface area contributed by atoms with Crippen molar-refractivity contribution >= 4 is 23.5 Å². The van der Waals surface area contributed by atoms with Crippen LogP contribution in [0.3, 0.4) is 0 Å². The second-order valence-electron chi connectivity index (χ2n) is 4.38. The van der Waals surface area contributed by atoms with E-state index in [4.69, 9.17) is 4.74 Å². The van der Waals surface area contributed by atoms with Crippen molar-refractivity contribution in [1.82, 2.24) is 0 Å². The molecule has 1 aliphatic heterocycles. The molecule has 0 bridgehead atoms. The molecule has 104 valence electrons. The molecule has 1 heterocycles. The number of ketones is 1. The van der Waals surface area contributed by atoms with Crippen LogP contribution in [-0.2, 0) is 14.3 Å². The van der Waals surface area contributed by atoms with Crippen LogP contribution in [0, 0.1) is 5.92 Å². The first-order chi connectivity index (χ1) is 9.56. The standard InChI is InChI=1S/C15H15NO4/c1-9-13(15(18)20-3)14(17)12(16-9)8-10-5-4-6-11(7-10)19-2/h4-8,13H,1-3H3/b12-8+. The first-order valence-corrected chi connectivity index (χ1v) is 6.09. The number of hydrogen-bond donors (Lipinski definition) is 0. The van der Waals surface area contributed by atoms with Crippen LogP contribution in [0.25, 0.3) is 6.08 Å². The molecule has 1 atom stereocenters. The minimum atomic E-state index is -0.920. The van der Waals surface area contributed by atoms with E-state index < -0.39 is 11.9 Å². The van der Waals surface area contributed by atoms with Gasteiger partial charge >= 0.3 is 5.97 Å². The first-order valence-electron chi connectivity index (χ1n) is 6.09. The summed E-state index contributed by atoms with van der Waals surface area (Å²) in [5.41, 5.74) is 1.50. The number of ether oxygens (including phenoxy) is 2. The Hall–Kier alpha value is -2.43. The summed E-state index contributed by atoms with van der Waals surface area (Å²) in [6.07, 6.45) is 1.64. The number of carbonyl (C=O) groups is 2. The Kier molecular flexibility index (Phi) is 3.98. The second kappa shape index (κ2) is 5.69. The van der Waals surface area contributed by atoms with Crippen molar-refractivity contribution in [2.45, 2.75) is 6.92 Å². The fourth-order valence-electron chi connectivity index (χ4n) is 2.04. The summed E-state index contributed by atoms with van der Waals surface area (Å²) in [6.45, 7) is 1.64. The fourth-order valence-corrected chi connectivity index (χ4v) is 2.04. The average Bonchev–Trinajstić information content (AvgIpc) is 2.73. The Morgan fingerprint density at radius 3 is 2.75 bits per heavy atom. The second-order valence-corrected chi connectivity index (χ2v) is 4.38. The molecule has 2 rings (SSSR count). The van der Waals surface area contributed by atoms with Crippen molar-refractivity contribution < 1.29 is 19.1 Å². The zero-order valence-electron chi connectivity index (χ0n) is 11.5. The van der Waals surface area contributed by atoms with Gasteiger partial charge in [-0.15, -0.1) is 0 Å². The molecule has 1 aromatic rings. The van der Waals surface area contributed by atoms with Gasteiger partial charge in [0.15, 0.2) is 5.92 Å². The van der Waals surface area contributed by atoms with Crippen LogP contribution in [0.1, 0.15) is 12.5 Å². The lowest BCUT2D eigenvalue weighted by Crippen LogP contribution is -2.27. The molecule has 1 aliphatic rings. The van der Waals surface area contributed by atoms with Crippen molar-refractivity contribution in [3.63, 3.8) is 0 Å². The molecule has 5 nitrogen and oxygen atoms in total. The number of Topliss-reactive ketones (excluding diaryl/α,β-unsaturated/α-hetero) is 1. The first kappa shape index (κ1) is 14.0. The Morgan fingerprint density at radius 1 is 1.35 bits per heavy atom. The zero-order chi connectivity index (χ0) is 14.7. The van der Waals surface area contributed by atoms with Gasteiger partial charge in [0.05, 0.1) is 14.2 Å². The molecule has 0 aliphatic carbocycles. The van der Waals surface area contributed by atoms with Gasteiger partial charge in [0.25, 0.3) is 0 Å². The maximum Gasteiger partial charge on any atom is 0.322 e. The molecule has 0 fully saturated rings. The van der Waals surface area contributed by atoms with Crippen molar-refractivity contribution in [2.75, 3.05) is 14.2 Å². The molecule has 0 amide bonds. The number of rotatable bonds is 3. The van der Waals surface area contributed by atoms with Gasteiger partial charge in [0, 0.05) is 5.71 Å². The Bertz CT molecular complexity index is 616. The quantitative estimate of drug-likeness (QED) is 0.479. The van der Waals surface area contributed by atoms with Gasteiger partial charge in [-0.05, 0) is 30.7 Å². The SMILES string of the molecule is COC(=O)C1C(=O)/C(=C\c2cccc(OC)c2)N=C1C. The third-order valence-corrected chi connectivity index (χ3v) is 3.06. The van der Waals surface area contributed by atoms with Gasteiger partial charge in [-0.2, -0.15) is 0 Å². The maximum atomic E-state index is 12.2. The zero-order valence-corrected chi connectivity index (χ0v) is 11.5. The highest BCUT2D eigenvalue weighted by Crippen LogP contribution is 2.24. The van der Waals surface area contributed by atoms with Crippen molar-refractivity contribution in [3.05, 3.63) is 35.5 Å². The van der Waals surface area contributed by atoms with E-state index >= 15 is 0 Å². The molecule has 0 radical (unpaired) electrons. The van der Waals surface area contributed by atoms with Crippen LogP contribution in [0.15, 0.2) is 35.0 Å². The minimum absolute atomic E-state index is 0.256. The monoisotopic (exact) mass is 273 g/mol. The summed E-state index contributed by atoms with van der Waals surface area (Å²) < 4.78 is 9.74. The summed E-state index contributed by atoms with van der Waals surface area (Å²) >= 11 is 0. The number of carbonyl (C=O) groups excluding carboxylic acids is 2. The number of nitrogens with zero attached hydrogens (tertiary/aromatic N) is 1. The molecule has 1 aromatic carbocycles. The van der Waals surface area contributed by atoms with Gasteiger partial charge in [0.1, 0.15) is 11.4 Å². The summed E-state index contributed by atoms with van der Waals surface area (Å²) in [6, 6.07) is 7.25. The maximum absolute atomic E-state index is 12.2. The number of aliphatic imine (C=N–C) groups is 1. The largest absolute Gasteiger partial charge is 0.497 e. The molecule has 0 saturated heterocycles. The molecule has 0 saturated carbocycles. The number of benzene rings is 1. The van der Waals surface area contributed by atoms with E-state index in [1.54, 1.807) is 26.2 Å². The van der Waals surface area contributed by atoms with Gasteiger partial charge in [-0.25, -0.2) is 0 Å². The van der Waals surface area contributed by atoms with Gasteiger partial charge in [0.2, 0.25) is 5.78 Å². The van der Waals surface area contributed by atoms with E-state index in [1.165, 1.54) is 7.11 Å². The van der Waals surface area contributed by atoms with Gasteiger partial charge in [-0.1, -0.05) is 12.1 Å². The minimum Gasteiger partial charge on any atom is -0.497 e. The topological polar surface area (TPSA) is 65.0 Å². The predicted molar refractivity (Wildman–Crippen MR) is 74.6 cm³/mol. The van der Waals surface area contributed by atoms with Crippen molar-refractivity contribution in [1.29, 1.82) is 0 Å². The van der Waals surface area contributed by atoms with Crippen LogP contribution in [0.4, 0.5) is 0 Å². The molecule has 0 aromatic heterocycles. The Balaban J connectivity index is 2.32. The summed E-state index contributed by atoms with van der Waals surface area (Å²) in [5, 5.41) is 0. The highest BCUT2D eigenvalue weighted by Gasteiger charge is 2.37. The fraction of sp³-hybridized carbons (Fsp3) is 0.267. The van der Waals surface area contributed by atoms with Gasteiger partial charge in [-0.3, -0.25) is 14.6 Å². The number of allylic oxidation sites excluding steroid dienone is 1. The van der Waals surface area contributed by atoms with E-state index in [-0.39, 0.29) is 11.5 Å².